The van der Waals surface area contributed by atoms with Crippen LogP contribution in [0.1, 0.15) is 79.6 Å². The number of rotatable bonds is 5. The van der Waals surface area contributed by atoms with Crippen molar-refractivity contribution in [2.45, 2.75) is 110 Å². The van der Waals surface area contributed by atoms with Crippen molar-refractivity contribution in [2.24, 2.45) is 52.3 Å². The molecule has 0 aromatic carbocycles. The Hall–Kier alpha value is -0.420. The zero-order chi connectivity index (χ0) is 23.2. The maximum Gasteiger partial charge on any atom is 0.0904 e. The molecule has 0 aromatic heterocycles. The van der Waals surface area contributed by atoms with E-state index in [1.165, 1.54) is 24.8 Å². The van der Waals surface area contributed by atoms with Crippen LogP contribution in [0.2, 0.25) is 0 Å². The van der Waals surface area contributed by atoms with Gasteiger partial charge in [0.25, 0.3) is 0 Å². The van der Waals surface area contributed by atoms with Crippen molar-refractivity contribution in [3.63, 3.8) is 0 Å². The van der Waals surface area contributed by atoms with E-state index in [1.807, 2.05) is 0 Å². The van der Waals surface area contributed by atoms with Crippen molar-refractivity contribution in [2.75, 3.05) is 0 Å². The topological polar surface area (TPSA) is 73.2 Å². The molecular formula is C28H46O4. The van der Waals surface area contributed by atoms with Gasteiger partial charge < -0.3 is 20.1 Å². The predicted octanol–water partition coefficient (Wildman–Crippen LogP) is 4.56. The maximum atomic E-state index is 11.2. The van der Waals surface area contributed by atoms with E-state index in [2.05, 4.69) is 41.2 Å². The van der Waals surface area contributed by atoms with Gasteiger partial charge in [0.2, 0.25) is 0 Å². The van der Waals surface area contributed by atoms with Crippen LogP contribution in [0.15, 0.2) is 12.2 Å². The van der Waals surface area contributed by atoms with E-state index in [-0.39, 0.29) is 22.9 Å². The van der Waals surface area contributed by atoms with Gasteiger partial charge in [0.05, 0.1) is 30.5 Å². The third-order valence-electron chi connectivity index (χ3n) is 11.5. The van der Waals surface area contributed by atoms with E-state index < -0.39 is 18.3 Å². The van der Waals surface area contributed by atoms with E-state index >= 15 is 0 Å². The van der Waals surface area contributed by atoms with E-state index in [9.17, 15) is 15.3 Å². The van der Waals surface area contributed by atoms with E-state index in [1.54, 1.807) is 0 Å². The van der Waals surface area contributed by atoms with Gasteiger partial charge in [-0.1, -0.05) is 46.8 Å². The lowest BCUT2D eigenvalue weighted by Crippen LogP contribution is -2.65. The van der Waals surface area contributed by atoms with Crippen LogP contribution in [0.25, 0.3) is 0 Å². The second-order valence-electron chi connectivity index (χ2n) is 13.1. The first-order chi connectivity index (χ1) is 15.0. The summed E-state index contributed by atoms with van der Waals surface area (Å²) in [6, 6.07) is 0. The minimum atomic E-state index is -0.564. The van der Waals surface area contributed by atoms with Crippen LogP contribution in [-0.4, -0.2) is 45.8 Å². The first kappa shape index (κ1) is 23.3. The molecule has 3 N–H and O–H groups in total. The maximum absolute atomic E-state index is 11.2. The monoisotopic (exact) mass is 446 g/mol. The molecule has 32 heavy (non-hydrogen) atoms. The summed E-state index contributed by atoms with van der Waals surface area (Å²) in [5, 5.41) is 32.8. The van der Waals surface area contributed by atoms with Crippen LogP contribution in [0.3, 0.4) is 0 Å². The van der Waals surface area contributed by atoms with Crippen LogP contribution in [0.4, 0.5) is 0 Å². The molecule has 0 aromatic rings. The number of ether oxygens (including phenoxy) is 1. The molecule has 1 aliphatic heterocycles. The second kappa shape index (κ2) is 7.80. The normalized spacial score (nSPS) is 54.9. The van der Waals surface area contributed by atoms with Gasteiger partial charge in [0.15, 0.2) is 0 Å². The highest BCUT2D eigenvalue weighted by Crippen LogP contribution is 2.73. The fourth-order valence-electron chi connectivity index (χ4n) is 9.56. The summed E-state index contributed by atoms with van der Waals surface area (Å²) in [6.07, 6.45) is 5.65. The molecule has 0 amide bonds. The van der Waals surface area contributed by atoms with Crippen molar-refractivity contribution in [3.05, 3.63) is 12.2 Å². The molecule has 0 bridgehead atoms. The summed E-state index contributed by atoms with van der Waals surface area (Å²) in [5.74, 6) is 3.10. The molecule has 5 aliphatic rings. The van der Waals surface area contributed by atoms with Gasteiger partial charge in [-0.3, -0.25) is 0 Å². The Bertz CT molecular complexity index is 750. The van der Waals surface area contributed by atoms with Crippen LogP contribution in [0, 0.1) is 52.3 Å². The third kappa shape index (κ3) is 3.15. The van der Waals surface area contributed by atoms with Crippen LogP contribution in [0.5, 0.6) is 0 Å². The number of epoxide rings is 1. The van der Waals surface area contributed by atoms with Crippen molar-refractivity contribution in [1.29, 1.82) is 0 Å². The lowest BCUT2D eigenvalue weighted by atomic mass is 9.43. The fraction of sp³-hybridized carbons (Fsp3) is 0.929. The van der Waals surface area contributed by atoms with E-state index in [0.29, 0.717) is 54.5 Å². The Balaban J connectivity index is 1.40. The zero-order valence-corrected chi connectivity index (χ0v) is 20.8. The minimum absolute atomic E-state index is 0.0325. The molecule has 4 heteroatoms. The Kier molecular flexibility index (Phi) is 5.68. The molecule has 0 radical (unpaired) electrons. The lowest BCUT2D eigenvalue weighted by Gasteiger charge is -2.62. The lowest BCUT2D eigenvalue weighted by molar-refractivity contribution is -0.208. The predicted molar refractivity (Wildman–Crippen MR) is 126 cm³/mol. The molecule has 5 fully saturated rings. The number of hydrogen-bond donors (Lipinski definition) is 3. The molecule has 1 heterocycles. The quantitative estimate of drug-likeness (QED) is 0.427. The first-order valence-electron chi connectivity index (χ1n) is 13.4. The van der Waals surface area contributed by atoms with Gasteiger partial charge in [0, 0.05) is 10.8 Å². The SMILES string of the molecule is C=C(CCC(C)C1CCC2C3C[C@@H](O)C4C[C@@H](O)C[C@H](O)[C@]4(C)C3[C@@H]3O[C@@H]3[C@]12C)C(C)C. The summed E-state index contributed by atoms with van der Waals surface area (Å²) in [5.41, 5.74) is 1.18. The molecule has 5 rings (SSSR count). The first-order valence-corrected chi connectivity index (χ1v) is 13.4. The summed E-state index contributed by atoms with van der Waals surface area (Å²) >= 11 is 0. The molecule has 13 atom stereocenters. The largest absolute Gasteiger partial charge is 0.393 e. The van der Waals surface area contributed by atoms with Gasteiger partial charge in [-0.25, -0.2) is 0 Å². The van der Waals surface area contributed by atoms with E-state index in [4.69, 9.17) is 4.74 Å². The van der Waals surface area contributed by atoms with Crippen LogP contribution >= 0.6 is 0 Å². The third-order valence-corrected chi connectivity index (χ3v) is 11.5. The number of aliphatic hydroxyl groups is 3. The standard InChI is InChI=1S/C28H46O4/c1-14(2)15(3)7-8-16(4)19-9-10-20-18-13-22(30)21-11-17(29)12-23(31)28(21,6)24(18)25-26(32-25)27(19,20)5/h14,16-26,29-31H,3,7-13H2,1-2,4-6H3/t16?,17-,18?,19?,20?,21?,22-,23+,24?,25+,26+,27-,28-/m1/s1. The Morgan fingerprint density at radius 1 is 1.00 bits per heavy atom. The highest BCUT2D eigenvalue weighted by Gasteiger charge is 2.75. The van der Waals surface area contributed by atoms with Crippen molar-refractivity contribution >= 4 is 0 Å². The number of aliphatic hydroxyl groups excluding tert-OH is 3. The average Bonchev–Trinajstić information content (AvgIpc) is 3.44. The second-order valence-corrected chi connectivity index (χ2v) is 13.1. The molecular weight excluding hydrogens is 400 g/mol. The Morgan fingerprint density at radius 2 is 1.72 bits per heavy atom. The summed E-state index contributed by atoms with van der Waals surface area (Å²) < 4.78 is 6.56. The fourth-order valence-corrected chi connectivity index (χ4v) is 9.56. The molecule has 6 unspecified atom stereocenters. The highest BCUT2D eigenvalue weighted by atomic mass is 16.6. The summed E-state index contributed by atoms with van der Waals surface area (Å²) in [7, 11) is 0. The zero-order valence-electron chi connectivity index (χ0n) is 20.8. The molecule has 182 valence electrons. The van der Waals surface area contributed by atoms with Gasteiger partial charge in [-0.05, 0) is 86.4 Å². The molecule has 0 spiro atoms. The number of allylic oxidation sites excluding steroid dienone is 1. The molecule has 4 nitrogen and oxygen atoms in total. The molecule has 4 saturated carbocycles. The highest BCUT2D eigenvalue weighted by molar-refractivity contribution is 5.23. The number of fused-ring (bicyclic) bond motifs is 8. The molecule has 1 saturated heterocycles. The van der Waals surface area contributed by atoms with Gasteiger partial charge in [-0.2, -0.15) is 0 Å². The Morgan fingerprint density at radius 3 is 2.41 bits per heavy atom. The van der Waals surface area contributed by atoms with Crippen LogP contribution in [-0.2, 0) is 4.74 Å². The van der Waals surface area contributed by atoms with Gasteiger partial charge in [-0.15, -0.1) is 0 Å². The van der Waals surface area contributed by atoms with Crippen LogP contribution < -0.4 is 0 Å². The van der Waals surface area contributed by atoms with Gasteiger partial charge in [0.1, 0.15) is 0 Å². The molecule has 4 aliphatic carbocycles. The minimum Gasteiger partial charge on any atom is -0.393 e. The summed E-state index contributed by atoms with van der Waals surface area (Å²) in [4.78, 5) is 0. The summed E-state index contributed by atoms with van der Waals surface area (Å²) in [6.45, 7) is 15.9. The van der Waals surface area contributed by atoms with Crippen molar-refractivity contribution in [1.82, 2.24) is 0 Å². The smallest absolute Gasteiger partial charge is 0.0904 e. The van der Waals surface area contributed by atoms with Gasteiger partial charge >= 0.3 is 0 Å². The van der Waals surface area contributed by atoms with E-state index in [0.717, 1.165) is 12.8 Å². The number of hydrogen-bond acceptors (Lipinski definition) is 4. The average molecular weight is 447 g/mol. The van der Waals surface area contributed by atoms with Crippen molar-refractivity contribution in [3.8, 4) is 0 Å². The van der Waals surface area contributed by atoms with Crippen molar-refractivity contribution < 1.29 is 20.1 Å². The Labute approximate surface area is 194 Å².